The quantitative estimate of drug-likeness (QED) is 0.323. The van der Waals surface area contributed by atoms with E-state index in [1.54, 1.807) is 13.2 Å². The van der Waals surface area contributed by atoms with Crippen LogP contribution >= 0.6 is 12.4 Å². The van der Waals surface area contributed by atoms with Crippen LogP contribution in [0.4, 0.5) is 5.69 Å². The molecular weight excluding hydrogens is 410 g/mol. The first-order valence-electron chi connectivity index (χ1n) is 10.9. The van der Waals surface area contributed by atoms with Gasteiger partial charge in [-0.1, -0.05) is 38.1 Å². The van der Waals surface area contributed by atoms with Crippen LogP contribution in [0.3, 0.4) is 0 Å². The highest BCUT2D eigenvalue weighted by atomic mass is 35.5. The zero-order valence-electron chi connectivity index (χ0n) is 18.6. The molecule has 0 fully saturated rings. The van der Waals surface area contributed by atoms with Gasteiger partial charge in [0.15, 0.2) is 11.5 Å². The van der Waals surface area contributed by atoms with Crippen LogP contribution in [0.1, 0.15) is 50.2 Å². The number of anilines is 1. The Bertz CT molecular complexity index is 961. The maximum absolute atomic E-state index is 10.1. The molecule has 2 aromatic carbocycles. The van der Waals surface area contributed by atoms with E-state index in [4.69, 9.17) is 4.74 Å². The third kappa shape index (κ3) is 6.25. The minimum atomic E-state index is 0. The highest BCUT2D eigenvalue weighted by Gasteiger charge is 2.10. The average Bonchev–Trinajstić information content (AvgIpc) is 2.78. The number of pyridine rings is 1. The van der Waals surface area contributed by atoms with Gasteiger partial charge in [-0.25, -0.2) is 0 Å². The molecule has 1 aromatic heterocycles. The lowest BCUT2D eigenvalue weighted by atomic mass is 9.93. The van der Waals surface area contributed by atoms with Gasteiger partial charge in [-0.3, -0.25) is 4.98 Å². The van der Waals surface area contributed by atoms with E-state index in [2.05, 4.69) is 47.7 Å². The molecule has 0 bridgehead atoms. The van der Waals surface area contributed by atoms with Crippen LogP contribution in [0.2, 0.25) is 0 Å². The number of methoxy groups -OCH3 is 1. The second-order valence-corrected chi connectivity index (χ2v) is 7.57. The van der Waals surface area contributed by atoms with Gasteiger partial charge < -0.3 is 20.5 Å². The molecular formula is C25H34ClN3O2. The van der Waals surface area contributed by atoms with E-state index in [9.17, 15) is 5.11 Å². The molecule has 0 saturated heterocycles. The van der Waals surface area contributed by atoms with Crippen molar-refractivity contribution >= 4 is 29.0 Å². The number of fused-ring (bicyclic) bond motifs is 1. The predicted octanol–water partition coefficient (Wildman–Crippen LogP) is 5.87. The lowest BCUT2D eigenvalue weighted by Gasteiger charge is -2.15. The summed E-state index contributed by atoms with van der Waals surface area (Å²) in [4.78, 5) is 4.58. The summed E-state index contributed by atoms with van der Waals surface area (Å²) in [5.74, 6) is 1.32. The number of hydrogen-bond donors (Lipinski definition) is 3. The third-order valence-electron chi connectivity index (χ3n) is 5.69. The molecule has 0 amide bonds. The molecule has 3 N–H and O–H groups in total. The van der Waals surface area contributed by atoms with E-state index >= 15 is 0 Å². The maximum atomic E-state index is 10.1. The number of aromatic nitrogens is 1. The summed E-state index contributed by atoms with van der Waals surface area (Å²) in [5, 5.41) is 18.2. The topological polar surface area (TPSA) is 66.4 Å². The van der Waals surface area contributed by atoms with Crippen molar-refractivity contribution in [3.05, 3.63) is 59.8 Å². The van der Waals surface area contributed by atoms with Crippen LogP contribution in [-0.2, 0) is 6.54 Å². The number of rotatable bonds is 11. The molecule has 0 aliphatic rings. The number of nitrogens with zero attached hydrogens (tertiary/aromatic N) is 1. The molecule has 5 nitrogen and oxygen atoms in total. The third-order valence-corrected chi connectivity index (χ3v) is 5.69. The van der Waals surface area contributed by atoms with E-state index in [1.165, 1.54) is 10.9 Å². The largest absolute Gasteiger partial charge is 0.504 e. The molecule has 3 rings (SSSR count). The maximum Gasteiger partial charge on any atom is 0.162 e. The van der Waals surface area contributed by atoms with Gasteiger partial charge in [-0.2, -0.15) is 0 Å². The first-order valence-corrected chi connectivity index (χ1v) is 10.9. The first kappa shape index (κ1) is 24.8. The van der Waals surface area contributed by atoms with Crippen molar-refractivity contribution in [1.29, 1.82) is 0 Å². The molecule has 31 heavy (non-hydrogen) atoms. The molecule has 168 valence electrons. The normalized spacial score (nSPS) is 10.8. The standard InChI is InChI=1S/C25H33N3O2.ClH/c1-4-18(5-2)19-10-11-21-22(12-15-28-23(21)16-19)27-14-7-13-26-17-20-8-6-9-24(30-3)25(20)29;/h6,8-12,15-16,18,26,29H,4-5,7,13-14,17H2,1-3H3,(H,27,28);1H. The van der Waals surface area contributed by atoms with Gasteiger partial charge >= 0.3 is 0 Å². The number of halogens is 1. The second-order valence-electron chi connectivity index (χ2n) is 7.57. The van der Waals surface area contributed by atoms with Gasteiger partial charge in [-0.05, 0) is 55.5 Å². The number of aromatic hydroxyl groups is 1. The Morgan fingerprint density at radius 3 is 2.61 bits per heavy atom. The van der Waals surface area contributed by atoms with Gasteiger partial charge in [0.1, 0.15) is 0 Å². The van der Waals surface area contributed by atoms with Crippen LogP contribution in [-0.4, -0.2) is 30.3 Å². The monoisotopic (exact) mass is 443 g/mol. The number of nitrogens with one attached hydrogen (secondary N) is 2. The van der Waals surface area contributed by atoms with E-state index in [0.717, 1.165) is 49.1 Å². The Hall–Kier alpha value is -2.50. The minimum Gasteiger partial charge on any atom is -0.504 e. The molecule has 0 unspecified atom stereocenters. The molecule has 0 aliphatic heterocycles. The number of hydrogen-bond acceptors (Lipinski definition) is 5. The Balaban J connectivity index is 0.00000341. The SMILES string of the molecule is CCC(CC)c1ccc2c(NCCCNCc3cccc(OC)c3O)ccnc2c1.Cl. The van der Waals surface area contributed by atoms with Gasteiger partial charge in [0.2, 0.25) is 0 Å². The molecule has 1 heterocycles. The summed E-state index contributed by atoms with van der Waals surface area (Å²) in [6, 6.07) is 14.3. The van der Waals surface area contributed by atoms with Crippen LogP contribution in [0.5, 0.6) is 11.5 Å². The zero-order valence-corrected chi connectivity index (χ0v) is 19.5. The lowest BCUT2D eigenvalue weighted by Crippen LogP contribution is -2.18. The fourth-order valence-electron chi connectivity index (χ4n) is 3.87. The molecule has 3 aromatic rings. The first-order chi connectivity index (χ1) is 14.7. The van der Waals surface area contributed by atoms with E-state index in [1.807, 2.05) is 24.4 Å². The fraction of sp³-hybridized carbons (Fsp3) is 0.400. The van der Waals surface area contributed by atoms with Gasteiger partial charge in [0.05, 0.1) is 12.6 Å². The summed E-state index contributed by atoms with van der Waals surface area (Å²) in [6.45, 7) is 6.82. The fourth-order valence-corrected chi connectivity index (χ4v) is 3.87. The van der Waals surface area contributed by atoms with Crippen molar-refractivity contribution in [2.24, 2.45) is 0 Å². The number of ether oxygens (including phenoxy) is 1. The number of phenols is 1. The molecule has 0 aliphatic carbocycles. The van der Waals surface area contributed by atoms with Crippen molar-refractivity contribution in [3.8, 4) is 11.5 Å². The summed E-state index contributed by atoms with van der Waals surface area (Å²) >= 11 is 0. The summed E-state index contributed by atoms with van der Waals surface area (Å²) in [6.07, 6.45) is 5.16. The molecule has 0 atom stereocenters. The van der Waals surface area contributed by atoms with E-state index in [0.29, 0.717) is 18.2 Å². The number of phenolic OH excluding ortho intramolecular Hbond substituents is 1. The van der Waals surface area contributed by atoms with E-state index in [-0.39, 0.29) is 18.2 Å². The average molecular weight is 444 g/mol. The number of para-hydroxylation sites is 1. The zero-order chi connectivity index (χ0) is 21.3. The van der Waals surface area contributed by atoms with Crippen LogP contribution in [0.15, 0.2) is 48.7 Å². The molecule has 0 radical (unpaired) electrons. The summed E-state index contributed by atoms with van der Waals surface area (Å²) < 4.78 is 5.15. The highest BCUT2D eigenvalue weighted by Crippen LogP contribution is 2.30. The smallest absolute Gasteiger partial charge is 0.162 e. The van der Waals surface area contributed by atoms with E-state index < -0.39 is 0 Å². The Labute approximate surface area is 191 Å². The van der Waals surface area contributed by atoms with Gasteiger partial charge in [-0.15, -0.1) is 12.4 Å². The van der Waals surface area contributed by atoms with Crippen molar-refractivity contribution in [3.63, 3.8) is 0 Å². The second kappa shape index (κ2) is 12.4. The number of benzene rings is 2. The molecule has 0 saturated carbocycles. The van der Waals surface area contributed by atoms with Crippen molar-refractivity contribution < 1.29 is 9.84 Å². The van der Waals surface area contributed by atoms with Gasteiger partial charge in [0.25, 0.3) is 0 Å². The van der Waals surface area contributed by atoms with Crippen LogP contribution < -0.4 is 15.4 Å². The van der Waals surface area contributed by atoms with Crippen molar-refractivity contribution in [2.75, 3.05) is 25.5 Å². The minimum absolute atomic E-state index is 0. The molecule has 0 spiro atoms. The predicted molar refractivity (Wildman–Crippen MR) is 132 cm³/mol. The van der Waals surface area contributed by atoms with Crippen molar-refractivity contribution in [2.45, 2.75) is 45.6 Å². The van der Waals surface area contributed by atoms with Crippen molar-refractivity contribution in [1.82, 2.24) is 10.3 Å². The summed E-state index contributed by atoms with van der Waals surface area (Å²) in [7, 11) is 1.56. The van der Waals surface area contributed by atoms with Crippen LogP contribution in [0.25, 0.3) is 10.9 Å². The van der Waals surface area contributed by atoms with Gasteiger partial charge in [0, 0.05) is 35.9 Å². The molecule has 6 heteroatoms. The Kier molecular flexibility index (Phi) is 9.89. The Morgan fingerprint density at radius 1 is 1.06 bits per heavy atom. The highest BCUT2D eigenvalue weighted by molar-refractivity contribution is 5.91. The summed E-state index contributed by atoms with van der Waals surface area (Å²) in [5.41, 5.74) is 4.40. The lowest BCUT2D eigenvalue weighted by molar-refractivity contribution is 0.369. The Morgan fingerprint density at radius 2 is 1.87 bits per heavy atom. The van der Waals surface area contributed by atoms with Crippen LogP contribution in [0, 0.1) is 0 Å².